The van der Waals surface area contributed by atoms with Crippen LogP contribution in [0.1, 0.15) is 0 Å². The van der Waals surface area contributed by atoms with Crippen LogP contribution in [0.15, 0.2) is 83.9 Å². The predicted octanol–water partition coefficient (Wildman–Crippen LogP) is 3.52. The van der Waals surface area contributed by atoms with Gasteiger partial charge in [-0.15, -0.1) is 0 Å². The smallest absolute Gasteiger partial charge is 0.267 e. The lowest BCUT2D eigenvalue weighted by atomic mass is 10.2. The number of para-hydroxylation sites is 2. The molecule has 0 unspecified atom stereocenters. The molecule has 0 amide bonds. The molecule has 0 fully saturated rings. The minimum Gasteiger partial charge on any atom is -0.324 e. The maximum absolute atomic E-state index is 13.0. The Morgan fingerprint density at radius 3 is 2.46 bits per heavy atom. The highest BCUT2D eigenvalue weighted by Gasteiger charge is 2.12. The van der Waals surface area contributed by atoms with Gasteiger partial charge < -0.3 is 5.32 Å². The zero-order valence-corrected chi connectivity index (χ0v) is 12.8. The fraction of sp³-hybridized carbons (Fsp3) is 0. The number of fused-ring (bicyclic) bond motifs is 1. The number of pyridine rings is 1. The number of anilines is 2. The van der Waals surface area contributed by atoms with Gasteiger partial charge in [-0.2, -0.15) is 0 Å². The molecule has 4 aromatic rings. The molecular weight excluding hydrogens is 300 g/mol. The maximum atomic E-state index is 13.0. The Morgan fingerprint density at radius 1 is 0.875 bits per heavy atom. The van der Waals surface area contributed by atoms with E-state index in [9.17, 15) is 4.79 Å². The third kappa shape index (κ3) is 2.52. The number of benzene rings is 2. The summed E-state index contributed by atoms with van der Waals surface area (Å²) in [6.45, 7) is 0. The van der Waals surface area contributed by atoms with Crippen molar-refractivity contribution in [1.29, 1.82) is 0 Å². The van der Waals surface area contributed by atoms with Crippen LogP contribution >= 0.6 is 0 Å². The van der Waals surface area contributed by atoms with E-state index in [1.54, 1.807) is 23.0 Å². The zero-order valence-electron chi connectivity index (χ0n) is 12.8. The molecule has 5 nitrogen and oxygen atoms in total. The van der Waals surface area contributed by atoms with Crippen LogP contribution < -0.4 is 10.9 Å². The zero-order chi connectivity index (χ0) is 16.4. The fourth-order valence-corrected chi connectivity index (χ4v) is 2.60. The summed E-state index contributed by atoms with van der Waals surface area (Å²) in [5.41, 5.74) is 2.07. The van der Waals surface area contributed by atoms with E-state index < -0.39 is 0 Å². The van der Waals surface area contributed by atoms with Crippen LogP contribution in [0.2, 0.25) is 0 Å². The molecule has 2 aromatic heterocycles. The number of aromatic nitrogens is 3. The Kier molecular flexibility index (Phi) is 3.51. The first-order valence-electron chi connectivity index (χ1n) is 7.57. The monoisotopic (exact) mass is 314 g/mol. The molecule has 24 heavy (non-hydrogen) atoms. The van der Waals surface area contributed by atoms with Gasteiger partial charge in [0.1, 0.15) is 0 Å². The van der Waals surface area contributed by atoms with E-state index in [0.717, 1.165) is 11.4 Å². The molecule has 0 saturated heterocycles. The van der Waals surface area contributed by atoms with E-state index in [-0.39, 0.29) is 5.56 Å². The van der Waals surface area contributed by atoms with Gasteiger partial charge in [-0.05, 0) is 36.4 Å². The molecule has 0 bridgehead atoms. The molecule has 0 aliphatic rings. The van der Waals surface area contributed by atoms with Gasteiger partial charge in [0.15, 0.2) is 0 Å². The quantitative estimate of drug-likeness (QED) is 0.628. The molecule has 0 aliphatic carbocycles. The lowest BCUT2D eigenvalue weighted by molar-refractivity contribution is 0.974. The Bertz CT molecular complexity index is 1040. The first-order chi connectivity index (χ1) is 11.8. The Balaban J connectivity index is 1.98. The minimum atomic E-state index is -0.113. The van der Waals surface area contributed by atoms with Crippen molar-refractivity contribution in [2.45, 2.75) is 0 Å². The predicted molar refractivity (Wildman–Crippen MR) is 94.9 cm³/mol. The van der Waals surface area contributed by atoms with E-state index in [0.29, 0.717) is 16.9 Å². The lowest BCUT2D eigenvalue weighted by Gasteiger charge is -2.14. The molecule has 0 aliphatic heterocycles. The standard InChI is InChI=1S/C19H14N4O/c24-18-16-10-4-5-11-17(16)22-19(21-14-7-6-12-20-13-14)23(18)15-8-2-1-3-9-15/h1-13H,(H,21,22). The van der Waals surface area contributed by atoms with Crippen LogP contribution in [0.25, 0.3) is 16.6 Å². The summed E-state index contributed by atoms with van der Waals surface area (Å²) in [7, 11) is 0. The van der Waals surface area contributed by atoms with Gasteiger partial charge in [0, 0.05) is 6.20 Å². The molecule has 2 aromatic carbocycles. The molecule has 0 radical (unpaired) electrons. The summed E-state index contributed by atoms with van der Waals surface area (Å²) in [6, 6.07) is 20.5. The molecular formula is C19H14N4O. The molecule has 5 heteroatoms. The second kappa shape index (κ2) is 5.96. The molecule has 2 heterocycles. The minimum absolute atomic E-state index is 0.113. The number of rotatable bonds is 3. The second-order valence-electron chi connectivity index (χ2n) is 5.30. The van der Waals surface area contributed by atoms with Gasteiger partial charge in [-0.1, -0.05) is 30.3 Å². The van der Waals surface area contributed by atoms with E-state index >= 15 is 0 Å². The third-order valence-corrected chi connectivity index (χ3v) is 3.71. The van der Waals surface area contributed by atoms with Crippen LogP contribution in [0.3, 0.4) is 0 Å². The summed E-state index contributed by atoms with van der Waals surface area (Å²) < 4.78 is 1.58. The highest BCUT2D eigenvalue weighted by molar-refractivity contribution is 5.79. The van der Waals surface area contributed by atoms with E-state index in [1.165, 1.54) is 0 Å². The average molecular weight is 314 g/mol. The van der Waals surface area contributed by atoms with Crippen molar-refractivity contribution >= 4 is 22.5 Å². The maximum Gasteiger partial charge on any atom is 0.267 e. The number of nitrogens with one attached hydrogen (secondary N) is 1. The molecule has 0 atom stereocenters. The summed E-state index contributed by atoms with van der Waals surface area (Å²) in [5, 5.41) is 3.77. The number of hydrogen-bond donors (Lipinski definition) is 1. The molecule has 116 valence electrons. The largest absolute Gasteiger partial charge is 0.324 e. The van der Waals surface area contributed by atoms with Crippen LogP contribution in [0.5, 0.6) is 0 Å². The van der Waals surface area contributed by atoms with E-state index in [4.69, 9.17) is 0 Å². The van der Waals surface area contributed by atoms with Crippen molar-refractivity contribution in [2.75, 3.05) is 5.32 Å². The summed E-state index contributed by atoms with van der Waals surface area (Å²) in [4.78, 5) is 21.7. The van der Waals surface area contributed by atoms with Crippen molar-refractivity contribution in [1.82, 2.24) is 14.5 Å². The molecule has 1 N–H and O–H groups in total. The van der Waals surface area contributed by atoms with Crippen molar-refractivity contribution in [3.05, 3.63) is 89.5 Å². The molecule has 4 rings (SSSR count). The van der Waals surface area contributed by atoms with E-state index in [1.807, 2.05) is 60.7 Å². The van der Waals surface area contributed by atoms with Gasteiger partial charge in [-0.25, -0.2) is 9.55 Å². The highest BCUT2D eigenvalue weighted by atomic mass is 16.1. The topological polar surface area (TPSA) is 59.8 Å². The fourth-order valence-electron chi connectivity index (χ4n) is 2.60. The Morgan fingerprint density at radius 2 is 1.67 bits per heavy atom. The van der Waals surface area contributed by atoms with Crippen molar-refractivity contribution in [3.8, 4) is 5.69 Å². The highest BCUT2D eigenvalue weighted by Crippen LogP contribution is 2.19. The normalized spacial score (nSPS) is 10.7. The summed E-state index contributed by atoms with van der Waals surface area (Å²) in [5.74, 6) is 0.456. The lowest BCUT2D eigenvalue weighted by Crippen LogP contribution is -2.22. The van der Waals surface area contributed by atoms with Gasteiger partial charge in [0.2, 0.25) is 5.95 Å². The first-order valence-corrected chi connectivity index (χ1v) is 7.57. The van der Waals surface area contributed by atoms with Gasteiger partial charge in [0.05, 0.1) is 28.5 Å². The van der Waals surface area contributed by atoms with Crippen molar-refractivity contribution < 1.29 is 0 Å². The van der Waals surface area contributed by atoms with E-state index in [2.05, 4.69) is 15.3 Å². The Hall–Kier alpha value is -3.47. The molecule has 0 spiro atoms. The number of nitrogens with zero attached hydrogens (tertiary/aromatic N) is 3. The summed E-state index contributed by atoms with van der Waals surface area (Å²) in [6.07, 6.45) is 3.39. The number of hydrogen-bond acceptors (Lipinski definition) is 4. The van der Waals surface area contributed by atoms with Crippen molar-refractivity contribution in [2.24, 2.45) is 0 Å². The van der Waals surface area contributed by atoms with Crippen LogP contribution in [-0.2, 0) is 0 Å². The van der Waals surface area contributed by atoms with Crippen LogP contribution in [-0.4, -0.2) is 14.5 Å². The van der Waals surface area contributed by atoms with Crippen LogP contribution in [0.4, 0.5) is 11.6 Å². The summed E-state index contributed by atoms with van der Waals surface area (Å²) >= 11 is 0. The third-order valence-electron chi connectivity index (χ3n) is 3.71. The van der Waals surface area contributed by atoms with Gasteiger partial charge >= 0.3 is 0 Å². The first kappa shape index (κ1) is 14.1. The van der Waals surface area contributed by atoms with Crippen LogP contribution in [0, 0.1) is 0 Å². The average Bonchev–Trinajstić information content (AvgIpc) is 2.64. The SMILES string of the molecule is O=c1c2ccccc2nc(Nc2cccnc2)n1-c1ccccc1. The van der Waals surface area contributed by atoms with Gasteiger partial charge in [-0.3, -0.25) is 9.78 Å². The second-order valence-corrected chi connectivity index (χ2v) is 5.30. The van der Waals surface area contributed by atoms with Crippen molar-refractivity contribution in [3.63, 3.8) is 0 Å². The Labute approximate surface area is 138 Å². The molecule has 0 saturated carbocycles. The van der Waals surface area contributed by atoms with Gasteiger partial charge in [0.25, 0.3) is 5.56 Å².